The van der Waals surface area contributed by atoms with Crippen molar-refractivity contribution in [3.63, 3.8) is 0 Å². The SMILES string of the molecule is COc1c(N=C(c2ccccc2)c2ccccc2)csc1S(=O)(=O)N(C)C1CC1. The van der Waals surface area contributed by atoms with Crippen LogP contribution in [0.3, 0.4) is 0 Å². The highest BCUT2D eigenvalue weighted by molar-refractivity contribution is 7.91. The first-order valence-electron chi connectivity index (χ1n) is 9.35. The van der Waals surface area contributed by atoms with Crippen molar-refractivity contribution in [2.24, 2.45) is 4.99 Å². The molecule has 7 heteroatoms. The Labute approximate surface area is 175 Å². The summed E-state index contributed by atoms with van der Waals surface area (Å²) in [5.74, 6) is 0.298. The number of sulfonamides is 1. The zero-order valence-corrected chi connectivity index (χ0v) is 17.9. The number of ether oxygens (including phenoxy) is 1. The lowest BCUT2D eigenvalue weighted by Crippen LogP contribution is -2.28. The second-order valence-electron chi connectivity index (χ2n) is 6.89. The van der Waals surface area contributed by atoms with Gasteiger partial charge in [0.2, 0.25) is 0 Å². The van der Waals surface area contributed by atoms with Gasteiger partial charge in [0.15, 0.2) is 9.96 Å². The highest BCUT2D eigenvalue weighted by Gasteiger charge is 2.38. The Hall–Kier alpha value is -2.48. The maximum Gasteiger partial charge on any atom is 0.256 e. The molecule has 3 aromatic rings. The topological polar surface area (TPSA) is 59.0 Å². The van der Waals surface area contributed by atoms with Crippen molar-refractivity contribution in [3.8, 4) is 5.75 Å². The van der Waals surface area contributed by atoms with E-state index in [4.69, 9.17) is 9.73 Å². The van der Waals surface area contributed by atoms with Gasteiger partial charge in [0, 0.05) is 29.6 Å². The molecule has 1 aliphatic rings. The van der Waals surface area contributed by atoms with Crippen molar-refractivity contribution >= 4 is 32.8 Å². The van der Waals surface area contributed by atoms with Gasteiger partial charge in [-0.25, -0.2) is 13.4 Å². The van der Waals surface area contributed by atoms with Crippen molar-refractivity contribution in [1.29, 1.82) is 0 Å². The third-order valence-electron chi connectivity index (χ3n) is 4.90. The molecule has 0 unspecified atom stereocenters. The second-order valence-corrected chi connectivity index (χ2v) is 9.96. The fraction of sp³-hybridized carbons (Fsp3) is 0.227. The summed E-state index contributed by atoms with van der Waals surface area (Å²) in [5.41, 5.74) is 3.18. The van der Waals surface area contributed by atoms with Gasteiger partial charge in [-0.1, -0.05) is 60.7 Å². The average Bonchev–Trinajstić information content (AvgIpc) is 3.52. The summed E-state index contributed by atoms with van der Waals surface area (Å²) in [6, 6.07) is 19.8. The van der Waals surface area contributed by atoms with Gasteiger partial charge in [-0.3, -0.25) is 0 Å². The van der Waals surface area contributed by atoms with Gasteiger partial charge in [0.05, 0.1) is 12.8 Å². The molecule has 150 valence electrons. The number of methoxy groups -OCH3 is 1. The quantitative estimate of drug-likeness (QED) is 0.514. The molecule has 1 aromatic heterocycles. The van der Waals surface area contributed by atoms with Crippen LogP contribution < -0.4 is 4.74 Å². The molecule has 4 rings (SSSR count). The lowest BCUT2D eigenvalue weighted by Gasteiger charge is -2.16. The molecule has 29 heavy (non-hydrogen) atoms. The van der Waals surface area contributed by atoms with E-state index in [2.05, 4.69) is 0 Å². The van der Waals surface area contributed by atoms with Crippen molar-refractivity contribution in [3.05, 3.63) is 77.2 Å². The van der Waals surface area contributed by atoms with E-state index in [1.54, 1.807) is 12.4 Å². The van der Waals surface area contributed by atoms with Crippen LogP contribution in [0.1, 0.15) is 24.0 Å². The van der Waals surface area contributed by atoms with Crippen LogP contribution in [-0.4, -0.2) is 38.6 Å². The van der Waals surface area contributed by atoms with Gasteiger partial charge in [0.25, 0.3) is 10.0 Å². The van der Waals surface area contributed by atoms with Gasteiger partial charge < -0.3 is 4.74 Å². The maximum atomic E-state index is 13.0. The predicted molar refractivity (Wildman–Crippen MR) is 117 cm³/mol. The number of rotatable bonds is 7. The third-order valence-corrected chi connectivity index (χ3v) is 8.27. The highest BCUT2D eigenvalue weighted by Crippen LogP contribution is 2.43. The molecule has 0 atom stereocenters. The fourth-order valence-electron chi connectivity index (χ4n) is 3.14. The lowest BCUT2D eigenvalue weighted by atomic mass is 10.0. The standard InChI is InChI=1S/C22H22N2O3S2/c1-24(18-13-14-18)29(25,26)22-21(27-2)19(15-28-22)23-20(16-9-5-3-6-10-16)17-11-7-4-8-12-17/h3-12,15,18H,13-14H2,1-2H3. The first-order chi connectivity index (χ1) is 14.0. The van der Waals surface area contributed by atoms with E-state index in [-0.39, 0.29) is 10.3 Å². The molecule has 2 aromatic carbocycles. The largest absolute Gasteiger partial charge is 0.492 e. The smallest absolute Gasteiger partial charge is 0.256 e. The Morgan fingerprint density at radius 1 is 1.03 bits per heavy atom. The van der Waals surface area contributed by atoms with Gasteiger partial charge in [0.1, 0.15) is 5.69 Å². The summed E-state index contributed by atoms with van der Waals surface area (Å²) in [6.45, 7) is 0. The summed E-state index contributed by atoms with van der Waals surface area (Å²) in [6.07, 6.45) is 1.81. The molecular weight excluding hydrogens is 404 g/mol. The molecule has 0 bridgehead atoms. The van der Waals surface area contributed by atoms with Crippen LogP contribution in [0, 0.1) is 0 Å². The van der Waals surface area contributed by atoms with Gasteiger partial charge >= 0.3 is 0 Å². The van der Waals surface area contributed by atoms with Crippen molar-refractivity contribution < 1.29 is 13.2 Å². The molecule has 0 radical (unpaired) electrons. The molecule has 5 nitrogen and oxygen atoms in total. The monoisotopic (exact) mass is 426 g/mol. The third kappa shape index (κ3) is 3.99. The summed E-state index contributed by atoms with van der Waals surface area (Å²) in [5, 5.41) is 1.75. The predicted octanol–water partition coefficient (Wildman–Crippen LogP) is 4.71. The number of hydrogen-bond acceptors (Lipinski definition) is 5. The Kier molecular flexibility index (Phi) is 5.54. The molecule has 1 heterocycles. The number of hydrogen-bond donors (Lipinski definition) is 0. The summed E-state index contributed by atoms with van der Waals surface area (Å²) in [4.78, 5) is 4.84. The first kappa shape index (κ1) is 19.8. The van der Waals surface area contributed by atoms with Crippen molar-refractivity contribution in [1.82, 2.24) is 4.31 Å². The van der Waals surface area contributed by atoms with Gasteiger partial charge in [-0.2, -0.15) is 4.31 Å². The Bertz CT molecular complexity index is 1080. The first-order valence-corrected chi connectivity index (χ1v) is 11.7. The van der Waals surface area contributed by atoms with Gasteiger partial charge in [-0.05, 0) is 12.8 Å². The molecule has 1 aliphatic carbocycles. The van der Waals surface area contributed by atoms with E-state index in [1.807, 2.05) is 60.7 Å². The van der Waals surface area contributed by atoms with E-state index in [9.17, 15) is 8.42 Å². The summed E-state index contributed by atoms with van der Waals surface area (Å²) >= 11 is 1.15. The Balaban J connectivity index is 1.82. The summed E-state index contributed by atoms with van der Waals surface area (Å²) in [7, 11) is -0.484. The fourth-order valence-corrected chi connectivity index (χ4v) is 6.08. The number of aliphatic imine (C=N–C) groups is 1. The highest BCUT2D eigenvalue weighted by atomic mass is 32.2. The molecule has 0 amide bonds. The van der Waals surface area contributed by atoms with E-state index in [0.29, 0.717) is 11.4 Å². The van der Waals surface area contributed by atoms with Crippen LogP contribution in [0.2, 0.25) is 0 Å². The lowest BCUT2D eigenvalue weighted by molar-refractivity contribution is 0.403. The number of nitrogens with zero attached hydrogens (tertiary/aromatic N) is 2. The number of benzene rings is 2. The van der Waals surface area contributed by atoms with E-state index in [0.717, 1.165) is 41.0 Å². The number of thiophene rings is 1. The Morgan fingerprint density at radius 2 is 1.59 bits per heavy atom. The molecule has 0 spiro atoms. The van der Waals surface area contributed by atoms with Crippen LogP contribution in [0.5, 0.6) is 5.75 Å². The molecule has 0 aliphatic heterocycles. The van der Waals surface area contributed by atoms with Crippen molar-refractivity contribution in [2.75, 3.05) is 14.2 Å². The second kappa shape index (κ2) is 8.10. The minimum absolute atomic E-state index is 0.0861. The van der Waals surface area contributed by atoms with E-state index < -0.39 is 10.0 Å². The molecular formula is C22H22N2O3S2. The summed E-state index contributed by atoms with van der Waals surface area (Å²) < 4.78 is 33.3. The minimum Gasteiger partial charge on any atom is -0.492 e. The maximum absolute atomic E-state index is 13.0. The zero-order chi connectivity index (χ0) is 20.4. The van der Waals surface area contributed by atoms with Crippen LogP contribution in [0.4, 0.5) is 5.69 Å². The van der Waals surface area contributed by atoms with Crippen LogP contribution in [0.15, 0.2) is 75.2 Å². The molecule has 0 saturated heterocycles. The van der Waals surface area contributed by atoms with Crippen molar-refractivity contribution in [2.45, 2.75) is 23.1 Å². The molecule has 1 fully saturated rings. The van der Waals surface area contributed by atoms with E-state index >= 15 is 0 Å². The van der Waals surface area contributed by atoms with Crippen LogP contribution in [-0.2, 0) is 10.0 Å². The average molecular weight is 427 g/mol. The van der Waals surface area contributed by atoms with Crippen LogP contribution >= 0.6 is 11.3 Å². The molecule has 1 saturated carbocycles. The zero-order valence-electron chi connectivity index (χ0n) is 16.3. The van der Waals surface area contributed by atoms with E-state index in [1.165, 1.54) is 11.4 Å². The normalized spacial score (nSPS) is 14.0. The van der Waals surface area contributed by atoms with Gasteiger partial charge in [-0.15, -0.1) is 11.3 Å². The Morgan fingerprint density at radius 3 is 2.07 bits per heavy atom. The minimum atomic E-state index is -3.61. The van der Waals surface area contributed by atoms with Crippen LogP contribution in [0.25, 0.3) is 0 Å². The molecule has 0 N–H and O–H groups in total.